The largest absolute Gasteiger partial charge is 0.416 e. The molecule has 0 bridgehead atoms. The van der Waals surface area contributed by atoms with Crippen LogP contribution in [-0.4, -0.2) is 79.2 Å². The number of aliphatic hydroxyl groups is 1. The van der Waals surface area contributed by atoms with Crippen LogP contribution in [0, 0.1) is 0 Å². The fourth-order valence-corrected chi connectivity index (χ4v) is 5.81. The highest BCUT2D eigenvalue weighted by molar-refractivity contribution is 5.96. The predicted octanol–water partition coefficient (Wildman–Crippen LogP) is 2.83. The quantitative estimate of drug-likeness (QED) is 0.357. The van der Waals surface area contributed by atoms with E-state index in [-0.39, 0.29) is 29.7 Å². The molecule has 3 amide bonds. The van der Waals surface area contributed by atoms with Gasteiger partial charge < -0.3 is 25.8 Å². The Morgan fingerprint density at radius 3 is 2.33 bits per heavy atom. The van der Waals surface area contributed by atoms with E-state index in [0.29, 0.717) is 56.5 Å². The summed E-state index contributed by atoms with van der Waals surface area (Å²) < 4.78 is 44.8. The summed E-state index contributed by atoms with van der Waals surface area (Å²) in [7, 11) is 1.56. The summed E-state index contributed by atoms with van der Waals surface area (Å²) in [5.41, 5.74) is -0.953. The molecule has 0 spiro atoms. The first-order chi connectivity index (χ1) is 19.9. The number of hydrogen-bond donors (Lipinski definition) is 4. The van der Waals surface area contributed by atoms with Gasteiger partial charge in [0.25, 0.3) is 11.8 Å². The highest BCUT2D eigenvalue weighted by Crippen LogP contribution is 2.39. The van der Waals surface area contributed by atoms with Crippen LogP contribution in [0.15, 0.2) is 48.5 Å². The van der Waals surface area contributed by atoms with Gasteiger partial charge in [-0.1, -0.05) is 18.2 Å². The summed E-state index contributed by atoms with van der Waals surface area (Å²) in [5.74, 6) is -1.46. The third-order valence-corrected chi connectivity index (χ3v) is 8.07. The van der Waals surface area contributed by atoms with E-state index in [4.69, 9.17) is 4.74 Å². The number of benzene rings is 2. The Morgan fingerprint density at radius 2 is 1.69 bits per heavy atom. The second kappa shape index (κ2) is 13.2. The second-order valence-electron chi connectivity index (χ2n) is 10.8. The van der Waals surface area contributed by atoms with E-state index < -0.39 is 35.7 Å². The normalized spacial score (nSPS) is 24.7. The summed E-state index contributed by atoms with van der Waals surface area (Å²) in [6, 6.07) is 10.9. The first kappa shape index (κ1) is 31.5. The Kier molecular flexibility index (Phi) is 9.90. The van der Waals surface area contributed by atoms with E-state index in [9.17, 15) is 32.7 Å². The number of carbonyl (C=O) groups excluding carboxylic acids is 3. The van der Waals surface area contributed by atoms with Gasteiger partial charge >= 0.3 is 6.18 Å². The lowest BCUT2D eigenvalue weighted by molar-refractivity contribution is -0.137. The molecule has 4 N–H and O–H groups in total. The van der Waals surface area contributed by atoms with Crippen LogP contribution in [0.25, 0.3) is 0 Å². The van der Waals surface area contributed by atoms with Gasteiger partial charge in [-0.05, 0) is 68.5 Å². The van der Waals surface area contributed by atoms with Crippen LogP contribution in [0.1, 0.15) is 64.4 Å². The summed E-state index contributed by atoms with van der Waals surface area (Å²) in [5, 5.41) is 19.3. The van der Waals surface area contributed by atoms with Crippen molar-refractivity contribution in [2.45, 2.75) is 62.6 Å². The SMILES string of the molecule is CCO[C@H]1CN(C2CCC(O)(c3cccc(C(=O)NC)c3)CC2)C[C@@H]1NC(=O)CNC(=O)c1cccc(C(F)(F)F)c1. The molecule has 2 aromatic rings. The van der Waals surface area contributed by atoms with E-state index in [1.807, 2.05) is 13.0 Å². The molecule has 9 nitrogen and oxygen atoms in total. The molecule has 2 atom stereocenters. The summed E-state index contributed by atoms with van der Waals surface area (Å²) >= 11 is 0. The molecule has 1 aliphatic carbocycles. The van der Waals surface area contributed by atoms with Gasteiger partial charge in [-0.2, -0.15) is 13.2 Å². The molecule has 1 saturated heterocycles. The first-order valence-corrected chi connectivity index (χ1v) is 14.1. The Morgan fingerprint density at radius 1 is 1.02 bits per heavy atom. The highest BCUT2D eigenvalue weighted by Gasteiger charge is 2.42. The topological polar surface area (TPSA) is 120 Å². The van der Waals surface area contributed by atoms with Crippen molar-refractivity contribution in [2.24, 2.45) is 0 Å². The predicted molar refractivity (Wildman–Crippen MR) is 149 cm³/mol. The first-order valence-electron chi connectivity index (χ1n) is 14.1. The van der Waals surface area contributed by atoms with Crippen LogP contribution in [0.3, 0.4) is 0 Å². The Labute approximate surface area is 242 Å². The van der Waals surface area contributed by atoms with Crippen molar-refractivity contribution in [3.63, 3.8) is 0 Å². The number of ether oxygens (including phenoxy) is 1. The molecule has 0 unspecified atom stereocenters. The number of nitrogens with one attached hydrogen (secondary N) is 3. The van der Waals surface area contributed by atoms with Gasteiger partial charge in [-0.15, -0.1) is 0 Å². The molecule has 12 heteroatoms. The molecule has 2 fully saturated rings. The minimum absolute atomic E-state index is 0.165. The average molecular weight is 591 g/mol. The van der Waals surface area contributed by atoms with E-state index in [1.165, 1.54) is 6.07 Å². The van der Waals surface area contributed by atoms with Crippen molar-refractivity contribution in [2.75, 3.05) is 33.3 Å². The van der Waals surface area contributed by atoms with Crippen molar-refractivity contribution >= 4 is 17.7 Å². The third kappa shape index (κ3) is 7.47. The van der Waals surface area contributed by atoms with Gasteiger partial charge in [-0.25, -0.2) is 0 Å². The molecule has 1 aliphatic heterocycles. The molecule has 1 saturated carbocycles. The highest BCUT2D eigenvalue weighted by atomic mass is 19.4. The van der Waals surface area contributed by atoms with Crippen molar-refractivity contribution in [3.8, 4) is 0 Å². The Bertz CT molecular complexity index is 1280. The van der Waals surface area contributed by atoms with Crippen LogP contribution in [-0.2, 0) is 21.3 Å². The standard InChI is InChI=1S/C30H37F3N4O5/c1-3-42-25-18-37(23-10-12-29(41,13-11-23)21-8-4-6-19(14-21)27(39)34-2)17-24(25)36-26(38)16-35-28(40)20-7-5-9-22(15-20)30(31,32)33/h4-9,14-15,23-25,41H,3,10-13,16-18H2,1-2H3,(H,34,39)(H,35,40)(H,36,38)/t23?,24-,25-,29?/m0/s1. The molecule has 1 heterocycles. The zero-order chi connectivity index (χ0) is 30.5. The Hall–Kier alpha value is -3.48. The van der Waals surface area contributed by atoms with E-state index in [2.05, 4.69) is 20.9 Å². The maximum Gasteiger partial charge on any atom is 0.416 e. The molecular formula is C30H37F3N4O5. The average Bonchev–Trinajstić information content (AvgIpc) is 3.37. The summed E-state index contributed by atoms with van der Waals surface area (Å²) in [6.45, 7) is 3.03. The molecule has 228 valence electrons. The number of amides is 3. The lowest BCUT2D eigenvalue weighted by Crippen LogP contribution is -2.48. The van der Waals surface area contributed by atoms with E-state index in [1.54, 1.807) is 25.2 Å². The van der Waals surface area contributed by atoms with Gasteiger partial charge in [-0.3, -0.25) is 19.3 Å². The number of carbonyl (C=O) groups is 3. The monoisotopic (exact) mass is 590 g/mol. The smallest absolute Gasteiger partial charge is 0.385 e. The van der Waals surface area contributed by atoms with Crippen LogP contribution in [0.4, 0.5) is 13.2 Å². The molecule has 42 heavy (non-hydrogen) atoms. The second-order valence-corrected chi connectivity index (χ2v) is 10.8. The van der Waals surface area contributed by atoms with Gasteiger partial charge in [0.05, 0.1) is 29.9 Å². The van der Waals surface area contributed by atoms with Gasteiger partial charge in [0, 0.05) is 43.9 Å². The summed E-state index contributed by atoms with van der Waals surface area (Å²) in [4.78, 5) is 39.4. The van der Waals surface area contributed by atoms with Gasteiger partial charge in [0.2, 0.25) is 5.91 Å². The molecule has 4 rings (SSSR count). The number of nitrogens with zero attached hydrogens (tertiary/aromatic N) is 1. The van der Waals surface area contributed by atoms with Gasteiger partial charge in [0.1, 0.15) is 0 Å². The van der Waals surface area contributed by atoms with Crippen molar-refractivity contribution in [1.29, 1.82) is 0 Å². The Balaban J connectivity index is 1.31. The van der Waals surface area contributed by atoms with Crippen LogP contribution in [0.2, 0.25) is 0 Å². The number of hydrogen-bond acceptors (Lipinski definition) is 6. The third-order valence-electron chi connectivity index (χ3n) is 8.07. The van der Waals surface area contributed by atoms with E-state index >= 15 is 0 Å². The van der Waals surface area contributed by atoms with Crippen LogP contribution < -0.4 is 16.0 Å². The number of halogens is 3. The number of alkyl halides is 3. The number of rotatable bonds is 9. The molecule has 2 aromatic carbocycles. The maximum absolute atomic E-state index is 13.0. The van der Waals surface area contributed by atoms with Crippen molar-refractivity contribution in [3.05, 3.63) is 70.8 Å². The lowest BCUT2D eigenvalue weighted by atomic mass is 9.77. The zero-order valence-electron chi connectivity index (χ0n) is 23.7. The number of likely N-dealkylation sites (tertiary alicyclic amines) is 1. The minimum Gasteiger partial charge on any atom is -0.385 e. The fraction of sp³-hybridized carbons (Fsp3) is 0.500. The van der Waals surface area contributed by atoms with Crippen molar-refractivity contribution < 1.29 is 37.4 Å². The van der Waals surface area contributed by atoms with Gasteiger partial charge in [0.15, 0.2) is 0 Å². The summed E-state index contributed by atoms with van der Waals surface area (Å²) in [6.07, 6.45) is -2.39. The lowest BCUT2D eigenvalue weighted by Gasteiger charge is -2.40. The molecule has 0 aromatic heterocycles. The van der Waals surface area contributed by atoms with Crippen LogP contribution in [0.5, 0.6) is 0 Å². The minimum atomic E-state index is -4.58. The maximum atomic E-state index is 13.0. The van der Waals surface area contributed by atoms with Crippen LogP contribution >= 0.6 is 0 Å². The molecule has 0 radical (unpaired) electrons. The van der Waals surface area contributed by atoms with Crippen molar-refractivity contribution in [1.82, 2.24) is 20.9 Å². The molecular weight excluding hydrogens is 553 g/mol. The zero-order valence-corrected chi connectivity index (χ0v) is 23.7. The van der Waals surface area contributed by atoms with E-state index in [0.717, 1.165) is 18.2 Å². The molecule has 2 aliphatic rings. The fourth-order valence-electron chi connectivity index (χ4n) is 5.81.